The summed E-state index contributed by atoms with van der Waals surface area (Å²) in [5.41, 5.74) is 2.34. The molecule has 1 amide bonds. The number of alkyl halides is 2. The third-order valence-corrected chi connectivity index (χ3v) is 5.40. The molecule has 2 aliphatic carbocycles. The lowest BCUT2D eigenvalue weighted by Crippen LogP contribution is -2.42. The fourth-order valence-corrected chi connectivity index (χ4v) is 3.76. The van der Waals surface area contributed by atoms with Crippen LogP contribution in [0, 0.1) is 11.7 Å². The van der Waals surface area contributed by atoms with Crippen molar-refractivity contribution in [2.45, 2.75) is 43.9 Å². The van der Waals surface area contributed by atoms with Gasteiger partial charge in [-0.25, -0.2) is 13.2 Å². The van der Waals surface area contributed by atoms with Crippen molar-refractivity contribution in [3.63, 3.8) is 0 Å². The molecule has 2 saturated carbocycles. The van der Waals surface area contributed by atoms with Gasteiger partial charge >= 0.3 is 0 Å². The van der Waals surface area contributed by atoms with Crippen molar-refractivity contribution in [2.24, 2.45) is 13.0 Å². The monoisotopic (exact) mass is 363 g/mol. The van der Waals surface area contributed by atoms with Gasteiger partial charge in [0.2, 0.25) is 11.8 Å². The summed E-state index contributed by atoms with van der Waals surface area (Å²) in [4.78, 5) is 12.3. The van der Waals surface area contributed by atoms with Gasteiger partial charge in [0, 0.05) is 36.9 Å². The Morgan fingerprint density at radius 1 is 1.31 bits per heavy atom. The first-order valence-corrected chi connectivity index (χ1v) is 8.85. The Morgan fingerprint density at radius 2 is 2.04 bits per heavy atom. The minimum Gasteiger partial charge on any atom is -0.309 e. The van der Waals surface area contributed by atoms with Crippen LogP contribution in [0.15, 0.2) is 24.3 Å². The summed E-state index contributed by atoms with van der Waals surface area (Å²) < 4.78 is 41.4. The van der Waals surface area contributed by atoms with E-state index in [9.17, 15) is 18.0 Å². The highest BCUT2D eigenvalue weighted by atomic mass is 19.3. The maximum absolute atomic E-state index is 13.7. The lowest BCUT2D eigenvalue weighted by Gasteiger charge is -2.33. The highest BCUT2D eigenvalue weighted by molar-refractivity contribution is 5.94. The zero-order valence-corrected chi connectivity index (χ0v) is 14.4. The van der Waals surface area contributed by atoms with E-state index in [0.717, 1.165) is 30.5 Å². The molecule has 0 radical (unpaired) electrons. The molecule has 2 aromatic rings. The minimum absolute atomic E-state index is 0.236. The summed E-state index contributed by atoms with van der Waals surface area (Å²) in [5, 5.41) is 7.16. The van der Waals surface area contributed by atoms with Gasteiger partial charge in [-0.2, -0.15) is 5.10 Å². The molecule has 0 spiro atoms. The van der Waals surface area contributed by atoms with Crippen molar-refractivity contribution in [3.8, 4) is 11.3 Å². The fraction of sp³-hybridized carbons (Fsp3) is 0.474. The van der Waals surface area contributed by atoms with E-state index in [4.69, 9.17) is 0 Å². The molecular weight excluding hydrogens is 343 g/mol. The van der Waals surface area contributed by atoms with Crippen LogP contribution in [0.25, 0.3) is 11.3 Å². The summed E-state index contributed by atoms with van der Waals surface area (Å²) in [7, 11) is 1.75. The Labute approximate surface area is 149 Å². The number of carbonyl (C=O) groups excluding carboxylic acids is 1. The zero-order chi connectivity index (χ0) is 18.5. The van der Waals surface area contributed by atoms with Crippen LogP contribution in [0.5, 0.6) is 0 Å². The SMILES string of the molecule is Cn1nc(NC(=O)C2CC(F)(F)C2)c(C2CCC2)c1-c1cccc(F)c1. The van der Waals surface area contributed by atoms with Crippen molar-refractivity contribution in [3.05, 3.63) is 35.6 Å². The van der Waals surface area contributed by atoms with E-state index < -0.39 is 30.6 Å². The smallest absolute Gasteiger partial charge is 0.249 e. The molecule has 0 saturated heterocycles. The molecule has 2 aliphatic rings. The minimum atomic E-state index is -2.74. The summed E-state index contributed by atoms with van der Waals surface area (Å²) >= 11 is 0. The summed E-state index contributed by atoms with van der Waals surface area (Å²) in [6.07, 6.45) is 2.20. The highest BCUT2D eigenvalue weighted by Gasteiger charge is 2.49. The third-order valence-electron chi connectivity index (χ3n) is 5.40. The van der Waals surface area contributed by atoms with Crippen molar-refractivity contribution in [2.75, 3.05) is 5.32 Å². The number of nitrogens with one attached hydrogen (secondary N) is 1. The Hall–Kier alpha value is -2.31. The first-order valence-electron chi connectivity index (χ1n) is 8.85. The largest absolute Gasteiger partial charge is 0.309 e. The molecule has 138 valence electrons. The number of carbonyl (C=O) groups is 1. The maximum atomic E-state index is 13.7. The molecule has 1 aromatic heterocycles. The average Bonchev–Trinajstić information content (AvgIpc) is 2.79. The van der Waals surface area contributed by atoms with E-state index in [-0.39, 0.29) is 11.7 Å². The molecule has 0 bridgehead atoms. The maximum Gasteiger partial charge on any atom is 0.249 e. The molecule has 1 heterocycles. The Balaban J connectivity index is 1.67. The fourth-order valence-electron chi connectivity index (χ4n) is 3.76. The van der Waals surface area contributed by atoms with Gasteiger partial charge in [-0.05, 0) is 30.9 Å². The number of nitrogens with zero attached hydrogens (tertiary/aromatic N) is 2. The standard InChI is InChI=1S/C19H20F3N3O/c1-25-16(12-6-3-7-14(20)8-12)15(11-4-2-5-11)17(24-25)23-18(26)13-9-19(21,22)10-13/h3,6-8,11,13H,2,4-5,9-10H2,1H3,(H,23,24,26). The van der Waals surface area contributed by atoms with Crippen LogP contribution in [0.4, 0.5) is 19.0 Å². The normalized spacial score (nSPS) is 19.7. The van der Waals surface area contributed by atoms with E-state index in [0.29, 0.717) is 11.4 Å². The highest BCUT2D eigenvalue weighted by Crippen LogP contribution is 2.46. The summed E-state index contributed by atoms with van der Waals surface area (Å²) in [6.45, 7) is 0. The Kier molecular flexibility index (Phi) is 4.04. The van der Waals surface area contributed by atoms with Gasteiger partial charge in [0.1, 0.15) is 5.82 Å². The molecule has 4 rings (SSSR count). The van der Waals surface area contributed by atoms with E-state index in [2.05, 4.69) is 10.4 Å². The second-order valence-electron chi connectivity index (χ2n) is 7.32. The third kappa shape index (κ3) is 2.99. The lowest BCUT2D eigenvalue weighted by atomic mass is 9.78. The van der Waals surface area contributed by atoms with Gasteiger partial charge < -0.3 is 5.32 Å². The first kappa shape index (κ1) is 17.1. The van der Waals surface area contributed by atoms with Crippen LogP contribution in [-0.4, -0.2) is 21.6 Å². The number of halogens is 3. The number of aryl methyl sites for hydroxylation is 1. The van der Waals surface area contributed by atoms with E-state index in [1.165, 1.54) is 12.1 Å². The Morgan fingerprint density at radius 3 is 2.62 bits per heavy atom. The predicted molar refractivity (Wildman–Crippen MR) is 91.5 cm³/mol. The molecule has 0 unspecified atom stereocenters. The second-order valence-corrected chi connectivity index (χ2v) is 7.32. The molecule has 7 heteroatoms. The van der Waals surface area contributed by atoms with Crippen LogP contribution in [0.2, 0.25) is 0 Å². The quantitative estimate of drug-likeness (QED) is 0.871. The number of aromatic nitrogens is 2. The van der Waals surface area contributed by atoms with Gasteiger partial charge in [0.15, 0.2) is 5.82 Å². The van der Waals surface area contributed by atoms with Crippen LogP contribution in [-0.2, 0) is 11.8 Å². The van der Waals surface area contributed by atoms with Crippen molar-refractivity contribution in [1.29, 1.82) is 0 Å². The Bertz CT molecular complexity index is 850. The van der Waals surface area contributed by atoms with Gasteiger partial charge in [0.25, 0.3) is 0 Å². The molecule has 4 nitrogen and oxygen atoms in total. The number of benzene rings is 1. The molecule has 1 aromatic carbocycles. The van der Waals surface area contributed by atoms with Gasteiger partial charge in [-0.1, -0.05) is 18.6 Å². The van der Waals surface area contributed by atoms with Crippen LogP contribution >= 0.6 is 0 Å². The van der Waals surface area contributed by atoms with Gasteiger partial charge in [-0.3, -0.25) is 9.48 Å². The molecule has 2 fully saturated rings. The number of amides is 1. The van der Waals surface area contributed by atoms with Crippen molar-refractivity contribution >= 4 is 11.7 Å². The number of rotatable bonds is 4. The second kappa shape index (κ2) is 6.14. The van der Waals surface area contributed by atoms with Crippen LogP contribution in [0.1, 0.15) is 43.6 Å². The molecule has 26 heavy (non-hydrogen) atoms. The van der Waals surface area contributed by atoms with Gasteiger partial charge in [-0.15, -0.1) is 0 Å². The van der Waals surface area contributed by atoms with E-state index in [1.807, 2.05) is 0 Å². The van der Waals surface area contributed by atoms with Gasteiger partial charge in [0.05, 0.1) is 5.69 Å². The topological polar surface area (TPSA) is 46.9 Å². The van der Waals surface area contributed by atoms with E-state index in [1.54, 1.807) is 23.9 Å². The van der Waals surface area contributed by atoms with E-state index >= 15 is 0 Å². The summed E-state index contributed by atoms with van der Waals surface area (Å²) in [6, 6.07) is 6.26. The number of anilines is 1. The number of hydrogen-bond acceptors (Lipinski definition) is 2. The molecular formula is C19H20F3N3O. The molecule has 1 N–H and O–H groups in total. The average molecular weight is 363 g/mol. The predicted octanol–water partition coefficient (Wildman–Crippen LogP) is 4.48. The molecule has 0 aliphatic heterocycles. The first-order chi connectivity index (χ1) is 12.3. The number of hydrogen-bond donors (Lipinski definition) is 1. The van der Waals surface area contributed by atoms with Crippen molar-refractivity contribution < 1.29 is 18.0 Å². The van der Waals surface area contributed by atoms with Crippen LogP contribution in [0.3, 0.4) is 0 Å². The van der Waals surface area contributed by atoms with Crippen molar-refractivity contribution in [1.82, 2.24) is 9.78 Å². The summed E-state index contributed by atoms with van der Waals surface area (Å²) in [5.74, 6) is -3.53. The zero-order valence-electron chi connectivity index (χ0n) is 14.4. The molecule has 0 atom stereocenters. The lowest BCUT2D eigenvalue weighted by molar-refractivity contribution is -0.145. The van der Waals surface area contributed by atoms with Crippen LogP contribution < -0.4 is 5.32 Å².